The van der Waals surface area contributed by atoms with Crippen LogP contribution in [0.15, 0.2) is 66.7 Å². The van der Waals surface area contributed by atoms with Crippen LogP contribution in [0.4, 0.5) is 18.9 Å². The van der Waals surface area contributed by atoms with E-state index in [0.29, 0.717) is 23.4 Å². The van der Waals surface area contributed by atoms with Crippen molar-refractivity contribution in [1.29, 1.82) is 0 Å². The fourth-order valence-electron chi connectivity index (χ4n) is 3.79. The number of rotatable bonds is 6. The van der Waals surface area contributed by atoms with E-state index in [1.807, 2.05) is 74.4 Å². The highest BCUT2D eigenvalue weighted by atomic mass is 19.4. The third kappa shape index (κ3) is 5.28. The van der Waals surface area contributed by atoms with E-state index in [-0.39, 0.29) is 11.8 Å². The van der Waals surface area contributed by atoms with E-state index in [2.05, 4.69) is 15.3 Å². The standard InChI is InChI=1S/C26H25F3N4O/c1-16(15-33(2)3)25(34)30-21-11-8-18(9-12-21)17-4-6-19(7-5-17)24-31-22-13-10-20(26(27,28)29)14-23(22)32-24/h4-14,16H,15H2,1-3H3,(H,30,34)(H,31,32). The summed E-state index contributed by atoms with van der Waals surface area (Å²) in [6, 6.07) is 18.7. The van der Waals surface area contributed by atoms with E-state index < -0.39 is 11.7 Å². The number of H-pyrrole nitrogens is 1. The fraction of sp³-hybridized carbons (Fsp3) is 0.231. The van der Waals surface area contributed by atoms with E-state index in [0.717, 1.165) is 34.5 Å². The number of imidazole rings is 1. The quantitative estimate of drug-likeness (QED) is 0.364. The van der Waals surface area contributed by atoms with Crippen molar-refractivity contribution in [3.63, 3.8) is 0 Å². The first-order valence-corrected chi connectivity index (χ1v) is 10.8. The van der Waals surface area contributed by atoms with Gasteiger partial charge in [0.15, 0.2) is 0 Å². The molecule has 0 saturated heterocycles. The van der Waals surface area contributed by atoms with Gasteiger partial charge in [-0.25, -0.2) is 4.98 Å². The Labute approximate surface area is 195 Å². The molecule has 0 aliphatic carbocycles. The number of carbonyl (C=O) groups excluding carboxylic acids is 1. The van der Waals surface area contributed by atoms with Gasteiger partial charge in [-0.05, 0) is 55.6 Å². The summed E-state index contributed by atoms with van der Waals surface area (Å²) < 4.78 is 38.9. The molecule has 1 aromatic heterocycles. The minimum Gasteiger partial charge on any atom is -0.338 e. The Hall–Kier alpha value is -3.65. The minimum absolute atomic E-state index is 0.0287. The topological polar surface area (TPSA) is 61.0 Å². The lowest BCUT2D eigenvalue weighted by atomic mass is 10.0. The Morgan fingerprint density at radius 3 is 2.15 bits per heavy atom. The molecule has 4 rings (SSSR count). The number of fused-ring (bicyclic) bond motifs is 1. The number of nitrogens with one attached hydrogen (secondary N) is 2. The van der Waals surface area contributed by atoms with E-state index in [1.165, 1.54) is 6.07 Å². The number of hydrogen-bond donors (Lipinski definition) is 2. The number of aromatic nitrogens is 2. The number of nitrogens with zero attached hydrogens (tertiary/aromatic N) is 2. The summed E-state index contributed by atoms with van der Waals surface area (Å²) in [4.78, 5) is 21.7. The monoisotopic (exact) mass is 466 g/mol. The molecular formula is C26H25F3N4O. The molecular weight excluding hydrogens is 441 g/mol. The molecule has 0 aliphatic heterocycles. The zero-order valence-electron chi connectivity index (χ0n) is 19.1. The van der Waals surface area contributed by atoms with Crippen LogP contribution in [0.5, 0.6) is 0 Å². The third-order valence-corrected chi connectivity index (χ3v) is 5.54. The lowest BCUT2D eigenvalue weighted by Gasteiger charge is -2.16. The van der Waals surface area contributed by atoms with Gasteiger partial charge in [0.25, 0.3) is 0 Å². The van der Waals surface area contributed by atoms with Crippen molar-refractivity contribution in [1.82, 2.24) is 14.9 Å². The van der Waals surface area contributed by atoms with Gasteiger partial charge in [0, 0.05) is 23.7 Å². The van der Waals surface area contributed by atoms with Gasteiger partial charge in [0.2, 0.25) is 5.91 Å². The summed E-state index contributed by atoms with van der Waals surface area (Å²) >= 11 is 0. The lowest BCUT2D eigenvalue weighted by Crippen LogP contribution is -2.29. The lowest BCUT2D eigenvalue weighted by molar-refractivity contribution is -0.137. The van der Waals surface area contributed by atoms with Crippen LogP contribution in [0.25, 0.3) is 33.5 Å². The summed E-state index contributed by atoms with van der Waals surface area (Å²) in [6.45, 7) is 2.56. The average molecular weight is 467 g/mol. The molecule has 0 radical (unpaired) electrons. The van der Waals surface area contributed by atoms with Gasteiger partial charge in [-0.3, -0.25) is 4.79 Å². The zero-order chi connectivity index (χ0) is 24.5. The molecule has 3 aromatic carbocycles. The van der Waals surface area contributed by atoms with Gasteiger partial charge < -0.3 is 15.2 Å². The number of carbonyl (C=O) groups is 1. The molecule has 8 heteroatoms. The van der Waals surface area contributed by atoms with Gasteiger partial charge in [-0.15, -0.1) is 0 Å². The molecule has 5 nitrogen and oxygen atoms in total. The molecule has 2 N–H and O–H groups in total. The van der Waals surface area contributed by atoms with Crippen molar-refractivity contribution >= 4 is 22.6 Å². The highest BCUT2D eigenvalue weighted by Gasteiger charge is 2.30. The van der Waals surface area contributed by atoms with Crippen LogP contribution in [-0.4, -0.2) is 41.4 Å². The van der Waals surface area contributed by atoms with Gasteiger partial charge in [0.1, 0.15) is 5.82 Å². The summed E-state index contributed by atoms with van der Waals surface area (Å²) in [6.07, 6.45) is -4.40. The first kappa shape index (κ1) is 23.5. The Morgan fingerprint density at radius 1 is 0.971 bits per heavy atom. The van der Waals surface area contributed by atoms with Gasteiger partial charge in [-0.1, -0.05) is 43.3 Å². The number of hydrogen-bond acceptors (Lipinski definition) is 3. The summed E-state index contributed by atoms with van der Waals surface area (Å²) in [5, 5.41) is 2.93. The predicted molar refractivity (Wildman–Crippen MR) is 128 cm³/mol. The van der Waals surface area contributed by atoms with Crippen molar-refractivity contribution in [3.05, 3.63) is 72.3 Å². The van der Waals surface area contributed by atoms with Crippen LogP contribution in [0.3, 0.4) is 0 Å². The van der Waals surface area contributed by atoms with E-state index >= 15 is 0 Å². The maximum absolute atomic E-state index is 13.0. The number of benzene rings is 3. The molecule has 4 aromatic rings. The van der Waals surface area contributed by atoms with Crippen LogP contribution in [-0.2, 0) is 11.0 Å². The second-order valence-corrected chi connectivity index (χ2v) is 8.62. The van der Waals surface area contributed by atoms with Crippen LogP contribution in [0, 0.1) is 5.92 Å². The smallest absolute Gasteiger partial charge is 0.338 e. The van der Waals surface area contributed by atoms with Gasteiger partial charge in [0.05, 0.1) is 16.6 Å². The molecule has 0 fully saturated rings. The van der Waals surface area contributed by atoms with Crippen LogP contribution in [0.2, 0.25) is 0 Å². The van der Waals surface area contributed by atoms with Crippen molar-refractivity contribution in [2.45, 2.75) is 13.1 Å². The average Bonchev–Trinajstić information content (AvgIpc) is 3.22. The van der Waals surface area contributed by atoms with Crippen molar-refractivity contribution < 1.29 is 18.0 Å². The number of alkyl halides is 3. The van der Waals surface area contributed by atoms with Gasteiger partial charge in [-0.2, -0.15) is 13.2 Å². The van der Waals surface area contributed by atoms with Crippen LogP contribution < -0.4 is 5.32 Å². The second-order valence-electron chi connectivity index (χ2n) is 8.62. The molecule has 176 valence electrons. The number of amides is 1. The summed E-state index contributed by atoms with van der Waals surface area (Å²) in [7, 11) is 3.86. The molecule has 1 heterocycles. The van der Waals surface area contributed by atoms with Crippen molar-refractivity contribution in [3.8, 4) is 22.5 Å². The second kappa shape index (κ2) is 9.30. The first-order chi connectivity index (χ1) is 16.1. The molecule has 0 aliphatic rings. The third-order valence-electron chi connectivity index (χ3n) is 5.54. The first-order valence-electron chi connectivity index (χ1n) is 10.8. The summed E-state index contributed by atoms with van der Waals surface area (Å²) in [5.41, 5.74) is 3.56. The Morgan fingerprint density at radius 2 is 1.56 bits per heavy atom. The number of halogens is 3. The zero-order valence-corrected chi connectivity index (χ0v) is 19.1. The van der Waals surface area contributed by atoms with E-state index in [9.17, 15) is 18.0 Å². The minimum atomic E-state index is -4.40. The Kier molecular flexibility index (Phi) is 6.43. The molecule has 1 atom stereocenters. The van der Waals surface area contributed by atoms with E-state index in [1.54, 1.807) is 0 Å². The number of anilines is 1. The van der Waals surface area contributed by atoms with E-state index in [4.69, 9.17) is 0 Å². The molecule has 0 spiro atoms. The Balaban J connectivity index is 1.48. The molecule has 0 bridgehead atoms. The molecule has 34 heavy (non-hydrogen) atoms. The largest absolute Gasteiger partial charge is 0.416 e. The maximum atomic E-state index is 13.0. The Bertz CT molecular complexity index is 1290. The predicted octanol–water partition coefficient (Wildman–Crippen LogP) is 6.05. The maximum Gasteiger partial charge on any atom is 0.416 e. The van der Waals surface area contributed by atoms with Crippen LogP contribution >= 0.6 is 0 Å². The van der Waals surface area contributed by atoms with Crippen molar-refractivity contribution in [2.24, 2.45) is 5.92 Å². The van der Waals surface area contributed by atoms with Crippen molar-refractivity contribution in [2.75, 3.05) is 26.0 Å². The highest BCUT2D eigenvalue weighted by Crippen LogP contribution is 2.32. The highest BCUT2D eigenvalue weighted by molar-refractivity contribution is 5.92. The van der Waals surface area contributed by atoms with Gasteiger partial charge >= 0.3 is 6.18 Å². The number of aromatic amines is 1. The molecule has 1 unspecified atom stereocenters. The van der Waals surface area contributed by atoms with Crippen LogP contribution in [0.1, 0.15) is 12.5 Å². The fourth-order valence-corrected chi connectivity index (χ4v) is 3.79. The normalized spacial score (nSPS) is 12.8. The SMILES string of the molecule is CC(CN(C)C)C(=O)Nc1ccc(-c2ccc(-c3nc4ccc(C(F)(F)F)cc4[nH]3)cc2)cc1. The summed E-state index contributed by atoms with van der Waals surface area (Å²) in [5.74, 6) is 0.352. The molecule has 1 amide bonds. The molecule has 0 saturated carbocycles.